The van der Waals surface area contributed by atoms with Gasteiger partial charge in [-0.2, -0.15) is 0 Å². The van der Waals surface area contributed by atoms with Crippen LogP contribution in [0.15, 0.2) is 29.3 Å². The molecule has 0 heterocycles. The van der Waals surface area contributed by atoms with E-state index in [0.717, 1.165) is 34.7 Å². The molecule has 8 heteroatoms. The van der Waals surface area contributed by atoms with Crippen molar-refractivity contribution in [3.63, 3.8) is 0 Å². The normalized spacial score (nSPS) is 10.9. The van der Waals surface area contributed by atoms with Gasteiger partial charge in [0.2, 0.25) is 5.91 Å². The minimum absolute atomic E-state index is 0.0419. The van der Waals surface area contributed by atoms with Gasteiger partial charge in [0.1, 0.15) is 6.54 Å². The number of nitro groups is 1. The number of anilines is 1. The molecule has 136 valence electrons. The van der Waals surface area contributed by atoms with Crippen LogP contribution in [0, 0.1) is 30.9 Å². The monoisotopic (exact) mass is 374 g/mol. The Hall–Kier alpha value is -2.93. The number of halogens is 1. The lowest BCUT2D eigenvalue weighted by Crippen LogP contribution is -2.16. The summed E-state index contributed by atoms with van der Waals surface area (Å²) in [6.07, 6.45) is 1.12. The summed E-state index contributed by atoms with van der Waals surface area (Å²) in [5, 5.41) is 25.6. The number of carbonyl (C=O) groups excluding carboxylic acids is 1. The quantitative estimate of drug-likeness (QED) is 0.492. The Kier molecular flexibility index (Phi) is 5.94. The molecule has 0 aliphatic carbocycles. The van der Waals surface area contributed by atoms with Crippen LogP contribution in [0.5, 0.6) is 5.75 Å². The molecule has 0 atom stereocenters. The lowest BCUT2D eigenvalue weighted by Gasteiger charge is -2.12. The van der Waals surface area contributed by atoms with Crippen molar-refractivity contribution in [1.82, 2.24) is 0 Å². The number of carbonyl (C=O) groups is 1. The molecule has 2 aromatic rings. The van der Waals surface area contributed by atoms with Crippen molar-refractivity contribution < 1.29 is 14.8 Å². The first-order valence-electron chi connectivity index (χ1n) is 7.71. The number of nitrogens with zero attached hydrogens (tertiary/aromatic N) is 2. The van der Waals surface area contributed by atoms with Gasteiger partial charge in [-0.1, -0.05) is 29.3 Å². The second-order valence-electron chi connectivity index (χ2n) is 5.89. The Morgan fingerprint density at radius 1 is 1.23 bits per heavy atom. The van der Waals surface area contributed by atoms with Crippen molar-refractivity contribution in [2.45, 2.75) is 20.8 Å². The molecule has 2 rings (SSSR count). The molecule has 0 saturated heterocycles. The van der Waals surface area contributed by atoms with Gasteiger partial charge in [0.25, 0.3) is 5.69 Å². The Labute approximate surface area is 155 Å². The van der Waals surface area contributed by atoms with Gasteiger partial charge in [0.05, 0.1) is 4.92 Å². The van der Waals surface area contributed by atoms with Gasteiger partial charge >= 0.3 is 0 Å². The Bertz CT molecular complexity index is 887. The van der Waals surface area contributed by atoms with Crippen LogP contribution in [0.2, 0.25) is 5.02 Å². The van der Waals surface area contributed by atoms with E-state index in [0.29, 0.717) is 0 Å². The van der Waals surface area contributed by atoms with Crippen molar-refractivity contribution in [1.29, 1.82) is 0 Å². The second-order valence-corrected chi connectivity index (χ2v) is 6.33. The van der Waals surface area contributed by atoms with E-state index in [1.54, 1.807) is 0 Å². The SMILES string of the molecule is Cc1cc(C)c(NC(=O)CN=Cc2cc(Cl)cc([N+](=O)[O-])c2[O-])c(C)c1. The van der Waals surface area contributed by atoms with E-state index in [1.807, 2.05) is 32.9 Å². The number of nitrogens with one attached hydrogen (secondary N) is 1. The van der Waals surface area contributed by atoms with E-state index in [-0.39, 0.29) is 23.0 Å². The van der Waals surface area contributed by atoms with Crippen molar-refractivity contribution in [2.75, 3.05) is 11.9 Å². The van der Waals surface area contributed by atoms with Crippen molar-refractivity contribution in [2.24, 2.45) is 4.99 Å². The average Bonchev–Trinajstić information content (AvgIpc) is 2.53. The van der Waals surface area contributed by atoms with E-state index in [1.165, 1.54) is 6.07 Å². The standard InChI is InChI=1S/C18H18ClN3O4/c1-10-4-11(2)17(12(3)5-10)21-16(23)9-20-8-13-6-14(19)7-15(18(13)24)22(25)26/h4-8,24H,9H2,1-3H3,(H,21,23)/p-1. The van der Waals surface area contributed by atoms with Crippen LogP contribution in [0.25, 0.3) is 0 Å². The summed E-state index contributed by atoms with van der Waals surface area (Å²) in [6, 6.07) is 6.17. The highest BCUT2D eigenvalue weighted by molar-refractivity contribution is 6.31. The zero-order valence-corrected chi connectivity index (χ0v) is 15.3. The third-order valence-corrected chi connectivity index (χ3v) is 3.88. The molecule has 2 aromatic carbocycles. The maximum atomic E-state index is 12.1. The fraction of sp³-hybridized carbons (Fsp3) is 0.222. The average molecular weight is 375 g/mol. The third-order valence-electron chi connectivity index (χ3n) is 3.67. The number of hydrogen-bond acceptors (Lipinski definition) is 5. The summed E-state index contributed by atoms with van der Waals surface area (Å²) >= 11 is 5.78. The van der Waals surface area contributed by atoms with Crippen LogP contribution >= 0.6 is 11.6 Å². The molecule has 1 N–H and O–H groups in total. The number of amides is 1. The van der Waals surface area contributed by atoms with Crippen LogP contribution in [0.1, 0.15) is 22.3 Å². The predicted molar refractivity (Wildman–Crippen MR) is 99.3 cm³/mol. The Balaban J connectivity index is 2.12. The maximum absolute atomic E-state index is 12.1. The summed E-state index contributed by atoms with van der Waals surface area (Å²) in [5.74, 6) is -1.16. The molecule has 0 aliphatic rings. The number of aliphatic imine (C=N–C) groups is 1. The van der Waals surface area contributed by atoms with E-state index in [9.17, 15) is 20.0 Å². The highest BCUT2D eigenvalue weighted by atomic mass is 35.5. The minimum Gasteiger partial charge on any atom is -0.867 e. The highest BCUT2D eigenvalue weighted by Gasteiger charge is 2.12. The van der Waals surface area contributed by atoms with E-state index >= 15 is 0 Å². The largest absolute Gasteiger partial charge is 0.867 e. The molecule has 0 aliphatic heterocycles. The topological polar surface area (TPSA) is 108 Å². The Morgan fingerprint density at radius 3 is 2.42 bits per heavy atom. The summed E-state index contributed by atoms with van der Waals surface area (Å²) < 4.78 is 0. The fourth-order valence-corrected chi connectivity index (χ4v) is 2.84. The first-order chi connectivity index (χ1) is 12.2. The van der Waals surface area contributed by atoms with Crippen molar-refractivity contribution in [3.8, 4) is 5.75 Å². The lowest BCUT2D eigenvalue weighted by molar-refractivity contribution is -0.398. The molecule has 0 saturated carbocycles. The molecule has 1 amide bonds. The Morgan fingerprint density at radius 2 is 1.85 bits per heavy atom. The van der Waals surface area contributed by atoms with E-state index in [4.69, 9.17) is 11.6 Å². The number of aryl methyl sites for hydroxylation is 3. The molecule has 0 aromatic heterocycles. The van der Waals surface area contributed by atoms with E-state index in [2.05, 4.69) is 10.3 Å². The highest BCUT2D eigenvalue weighted by Crippen LogP contribution is 2.30. The zero-order valence-electron chi connectivity index (χ0n) is 14.5. The lowest BCUT2D eigenvalue weighted by atomic mass is 10.1. The molecule has 7 nitrogen and oxygen atoms in total. The van der Waals surface area contributed by atoms with Gasteiger partial charge in [-0.15, -0.1) is 0 Å². The first-order valence-corrected chi connectivity index (χ1v) is 8.09. The zero-order chi connectivity index (χ0) is 19.4. The minimum atomic E-state index is -0.804. The molecule has 26 heavy (non-hydrogen) atoms. The fourth-order valence-electron chi connectivity index (χ4n) is 2.61. The van der Waals surface area contributed by atoms with Gasteiger partial charge in [0, 0.05) is 23.0 Å². The van der Waals surface area contributed by atoms with Crippen molar-refractivity contribution >= 4 is 35.1 Å². The third kappa shape index (κ3) is 4.58. The number of nitro benzene ring substituents is 1. The van der Waals surface area contributed by atoms with Gasteiger partial charge in [-0.25, -0.2) is 0 Å². The number of hydrogen-bond donors (Lipinski definition) is 1. The molecule has 0 bridgehead atoms. The molecular formula is C18H17ClN3O4-. The van der Waals surface area contributed by atoms with Crippen molar-refractivity contribution in [3.05, 3.63) is 61.7 Å². The molecular weight excluding hydrogens is 358 g/mol. The van der Waals surface area contributed by atoms with Crippen LogP contribution in [-0.2, 0) is 4.79 Å². The van der Waals surface area contributed by atoms with Crippen LogP contribution in [-0.4, -0.2) is 23.6 Å². The van der Waals surface area contributed by atoms with Gasteiger partial charge in [-0.05, 0) is 49.3 Å². The molecule has 0 radical (unpaired) electrons. The maximum Gasteiger partial charge on any atom is 0.263 e. The second kappa shape index (κ2) is 7.97. The van der Waals surface area contributed by atoms with Gasteiger partial charge in [-0.3, -0.25) is 19.9 Å². The van der Waals surface area contributed by atoms with Gasteiger partial charge < -0.3 is 10.4 Å². The van der Waals surface area contributed by atoms with Crippen LogP contribution in [0.4, 0.5) is 11.4 Å². The smallest absolute Gasteiger partial charge is 0.263 e. The number of rotatable bonds is 5. The van der Waals surface area contributed by atoms with Gasteiger partial charge in [0.15, 0.2) is 0 Å². The summed E-state index contributed by atoms with van der Waals surface area (Å²) in [6.45, 7) is 5.54. The van der Waals surface area contributed by atoms with E-state index < -0.39 is 16.4 Å². The summed E-state index contributed by atoms with van der Waals surface area (Å²) in [4.78, 5) is 26.0. The molecule has 0 spiro atoms. The van der Waals surface area contributed by atoms with Crippen LogP contribution in [0.3, 0.4) is 0 Å². The molecule has 0 fully saturated rings. The summed E-state index contributed by atoms with van der Waals surface area (Å²) in [5.41, 5.74) is 3.02. The first kappa shape index (κ1) is 19.4. The summed E-state index contributed by atoms with van der Waals surface area (Å²) in [7, 11) is 0. The predicted octanol–water partition coefficient (Wildman–Crippen LogP) is 3.30. The van der Waals surface area contributed by atoms with Crippen LogP contribution < -0.4 is 10.4 Å². The number of benzene rings is 2. The molecule has 0 unspecified atom stereocenters.